The molecule has 0 atom stereocenters. The van der Waals surface area contributed by atoms with E-state index in [1.165, 1.54) is 10.7 Å². The lowest BCUT2D eigenvalue weighted by molar-refractivity contribution is -0.142. The molecule has 2 aromatic rings. The van der Waals surface area contributed by atoms with Gasteiger partial charge in [0.15, 0.2) is 9.84 Å². The van der Waals surface area contributed by atoms with E-state index >= 15 is 0 Å². The van der Waals surface area contributed by atoms with Crippen LogP contribution >= 0.6 is 0 Å². The van der Waals surface area contributed by atoms with Crippen LogP contribution < -0.4 is 0 Å². The fraction of sp³-hybridized carbons (Fsp3) is 0.500. The molecule has 0 aromatic carbocycles. The van der Waals surface area contributed by atoms with Crippen LogP contribution in [0.25, 0.3) is 0 Å². The molecule has 0 aliphatic heterocycles. The van der Waals surface area contributed by atoms with Gasteiger partial charge in [-0.2, -0.15) is 23.4 Å². The summed E-state index contributed by atoms with van der Waals surface area (Å²) in [5.41, 5.74) is 0.926. The molecule has 6 nitrogen and oxygen atoms in total. The zero-order valence-electron chi connectivity index (χ0n) is 11.8. The number of alkyl halides is 3. The Labute approximate surface area is 125 Å². The van der Waals surface area contributed by atoms with Gasteiger partial charge in [0.05, 0.1) is 29.9 Å². The molecule has 10 heteroatoms. The maximum Gasteiger partial charge on any atom is 0.408 e. The molecule has 0 amide bonds. The van der Waals surface area contributed by atoms with E-state index in [4.69, 9.17) is 0 Å². The van der Waals surface area contributed by atoms with Crippen molar-refractivity contribution in [3.8, 4) is 0 Å². The summed E-state index contributed by atoms with van der Waals surface area (Å²) in [6.45, 7) is 0.681. The van der Waals surface area contributed by atoms with Crippen LogP contribution in [0.1, 0.15) is 11.3 Å². The van der Waals surface area contributed by atoms with Gasteiger partial charge < -0.3 is 0 Å². The zero-order chi connectivity index (χ0) is 16.4. The van der Waals surface area contributed by atoms with Crippen LogP contribution in [0.3, 0.4) is 0 Å². The summed E-state index contributed by atoms with van der Waals surface area (Å²) in [4.78, 5) is 0. The minimum atomic E-state index is -4.45. The first kappa shape index (κ1) is 16.5. The number of aromatic nitrogens is 4. The molecule has 122 valence electrons. The van der Waals surface area contributed by atoms with Gasteiger partial charge >= 0.3 is 6.18 Å². The maximum atomic E-state index is 12.4. The van der Waals surface area contributed by atoms with E-state index in [1.54, 1.807) is 12.4 Å². The Morgan fingerprint density at radius 3 is 2.59 bits per heavy atom. The van der Waals surface area contributed by atoms with Crippen LogP contribution in [-0.2, 0) is 28.7 Å². The van der Waals surface area contributed by atoms with Crippen molar-refractivity contribution in [2.75, 3.05) is 5.75 Å². The lowest BCUT2D eigenvalue weighted by Gasteiger charge is -2.10. The molecule has 0 radical (unpaired) electrons. The van der Waals surface area contributed by atoms with Crippen molar-refractivity contribution in [1.29, 1.82) is 0 Å². The summed E-state index contributed by atoms with van der Waals surface area (Å²) in [5, 5.41) is 7.49. The van der Waals surface area contributed by atoms with Gasteiger partial charge in [0.25, 0.3) is 0 Å². The third-order valence-electron chi connectivity index (χ3n) is 2.90. The van der Waals surface area contributed by atoms with E-state index in [0.29, 0.717) is 4.68 Å². The van der Waals surface area contributed by atoms with Gasteiger partial charge in [0.1, 0.15) is 6.54 Å². The van der Waals surface area contributed by atoms with Crippen molar-refractivity contribution >= 4 is 9.84 Å². The molecular weight excluding hydrogens is 321 g/mol. The van der Waals surface area contributed by atoms with Gasteiger partial charge in [-0.1, -0.05) is 0 Å². The molecule has 0 aliphatic carbocycles. The number of sulfone groups is 1. The Morgan fingerprint density at radius 1 is 1.27 bits per heavy atom. The maximum absolute atomic E-state index is 12.4. The molecule has 0 aliphatic rings. The first-order valence-electron chi connectivity index (χ1n) is 6.41. The molecule has 2 heterocycles. The SMILES string of the molecule is Cc1cnn(CCS(=O)(=O)Cc2ccnn2CC(F)(F)F)c1. The molecule has 0 unspecified atom stereocenters. The first-order chi connectivity index (χ1) is 10.1. The fourth-order valence-electron chi connectivity index (χ4n) is 1.91. The van der Waals surface area contributed by atoms with Crippen LogP contribution in [0.4, 0.5) is 13.2 Å². The Hall–Kier alpha value is -1.84. The molecule has 0 fully saturated rings. The average Bonchev–Trinajstić information content (AvgIpc) is 2.95. The van der Waals surface area contributed by atoms with Crippen LogP contribution in [0.15, 0.2) is 24.7 Å². The molecule has 0 bridgehead atoms. The first-order valence-corrected chi connectivity index (χ1v) is 8.24. The van der Waals surface area contributed by atoms with Crippen molar-refractivity contribution in [3.05, 3.63) is 35.9 Å². The predicted molar refractivity (Wildman–Crippen MR) is 72.7 cm³/mol. The summed E-state index contributed by atoms with van der Waals surface area (Å²) >= 11 is 0. The number of hydrogen-bond donors (Lipinski definition) is 0. The minimum Gasteiger partial charge on any atom is -0.271 e. The monoisotopic (exact) mass is 336 g/mol. The second kappa shape index (κ2) is 6.11. The third-order valence-corrected chi connectivity index (χ3v) is 4.44. The molecule has 2 aromatic heterocycles. The number of hydrogen-bond acceptors (Lipinski definition) is 4. The number of halogens is 3. The fourth-order valence-corrected chi connectivity index (χ4v) is 3.22. The smallest absolute Gasteiger partial charge is 0.271 e. The van der Waals surface area contributed by atoms with Gasteiger partial charge in [-0.15, -0.1) is 0 Å². The van der Waals surface area contributed by atoms with Gasteiger partial charge in [0.2, 0.25) is 0 Å². The van der Waals surface area contributed by atoms with Crippen molar-refractivity contribution < 1.29 is 21.6 Å². The molecule has 2 rings (SSSR count). The van der Waals surface area contributed by atoms with Crippen molar-refractivity contribution in [2.45, 2.75) is 31.9 Å². The normalized spacial score (nSPS) is 12.7. The summed E-state index contributed by atoms with van der Waals surface area (Å²) < 4.78 is 63.4. The molecule has 0 saturated carbocycles. The summed E-state index contributed by atoms with van der Waals surface area (Å²) in [7, 11) is -3.56. The number of nitrogens with zero attached hydrogens (tertiary/aromatic N) is 4. The molecule has 0 saturated heterocycles. The molecule has 0 spiro atoms. The minimum absolute atomic E-state index is 0.0222. The third kappa shape index (κ3) is 4.86. The lowest BCUT2D eigenvalue weighted by Crippen LogP contribution is -2.22. The van der Waals surface area contributed by atoms with E-state index < -0.39 is 28.3 Å². The Kier molecular flexibility index (Phi) is 4.59. The molecule has 22 heavy (non-hydrogen) atoms. The van der Waals surface area contributed by atoms with Crippen molar-refractivity contribution in [2.24, 2.45) is 0 Å². The largest absolute Gasteiger partial charge is 0.408 e. The van der Waals surface area contributed by atoms with Gasteiger partial charge in [-0.25, -0.2) is 8.42 Å². The Balaban J connectivity index is 2.01. The van der Waals surface area contributed by atoms with E-state index in [-0.39, 0.29) is 18.0 Å². The van der Waals surface area contributed by atoms with Crippen molar-refractivity contribution in [3.63, 3.8) is 0 Å². The quantitative estimate of drug-likeness (QED) is 0.803. The second-order valence-electron chi connectivity index (χ2n) is 4.97. The number of rotatable bonds is 6. The number of aryl methyl sites for hydroxylation is 2. The van der Waals surface area contributed by atoms with E-state index in [2.05, 4.69) is 10.2 Å². The van der Waals surface area contributed by atoms with Gasteiger partial charge in [-0.05, 0) is 18.6 Å². The highest BCUT2D eigenvalue weighted by molar-refractivity contribution is 7.90. The van der Waals surface area contributed by atoms with E-state index in [9.17, 15) is 21.6 Å². The van der Waals surface area contributed by atoms with Gasteiger partial charge in [-0.3, -0.25) is 9.36 Å². The molecule has 0 N–H and O–H groups in total. The summed E-state index contributed by atoms with van der Waals surface area (Å²) in [6, 6.07) is 1.28. The zero-order valence-corrected chi connectivity index (χ0v) is 12.6. The Morgan fingerprint density at radius 2 is 2.00 bits per heavy atom. The highest BCUT2D eigenvalue weighted by Crippen LogP contribution is 2.19. The Bertz CT molecular complexity index is 734. The van der Waals surface area contributed by atoms with Crippen LogP contribution in [-0.4, -0.2) is 39.9 Å². The average molecular weight is 336 g/mol. The van der Waals surface area contributed by atoms with Crippen LogP contribution in [0.2, 0.25) is 0 Å². The van der Waals surface area contributed by atoms with Gasteiger partial charge in [0, 0.05) is 12.4 Å². The van der Waals surface area contributed by atoms with Crippen LogP contribution in [0.5, 0.6) is 0 Å². The van der Waals surface area contributed by atoms with E-state index in [0.717, 1.165) is 11.8 Å². The topological polar surface area (TPSA) is 69.8 Å². The standard InChI is InChI=1S/C12H15F3N4O2S/c1-10-6-17-18(7-10)4-5-22(20,21)8-11-2-3-16-19(11)9-12(13,14)15/h2-3,6-7H,4-5,8-9H2,1H3. The summed E-state index contributed by atoms with van der Waals surface area (Å²) in [6.07, 6.45) is 0.0129. The second-order valence-corrected chi connectivity index (χ2v) is 7.15. The van der Waals surface area contributed by atoms with Crippen molar-refractivity contribution in [1.82, 2.24) is 19.6 Å². The summed E-state index contributed by atoms with van der Waals surface area (Å²) in [5.74, 6) is -0.686. The molecular formula is C12H15F3N4O2S. The highest BCUT2D eigenvalue weighted by Gasteiger charge is 2.30. The lowest BCUT2D eigenvalue weighted by atomic mass is 10.4. The van der Waals surface area contributed by atoms with Crippen LogP contribution in [0, 0.1) is 6.92 Å². The predicted octanol–water partition coefficient (Wildman–Crippen LogP) is 1.57. The highest BCUT2D eigenvalue weighted by atomic mass is 32.2. The van der Waals surface area contributed by atoms with E-state index in [1.807, 2.05) is 6.92 Å².